The Balaban J connectivity index is 1.72. The van der Waals surface area contributed by atoms with Crippen LogP contribution in [0.2, 0.25) is 0 Å². The number of aryl methyl sites for hydroxylation is 1. The molecule has 0 radical (unpaired) electrons. The predicted molar refractivity (Wildman–Crippen MR) is 93.8 cm³/mol. The van der Waals surface area contributed by atoms with Crippen molar-refractivity contribution < 1.29 is 17.6 Å². The molecule has 1 saturated heterocycles. The van der Waals surface area contributed by atoms with Crippen molar-refractivity contribution in [2.75, 3.05) is 26.2 Å². The van der Waals surface area contributed by atoms with E-state index in [2.05, 4.69) is 0 Å². The molecule has 0 spiro atoms. The number of nitrogens with zero attached hydrogens (tertiary/aromatic N) is 2. The summed E-state index contributed by atoms with van der Waals surface area (Å²) in [5, 5.41) is 0. The third kappa shape index (κ3) is 3.77. The van der Waals surface area contributed by atoms with E-state index in [1.54, 1.807) is 29.2 Å². The highest BCUT2D eigenvalue weighted by atomic mass is 32.2. The number of rotatable bonds is 4. The molecule has 7 heteroatoms. The molecule has 25 heavy (non-hydrogen) atoms. The summed E-state index contributed by atoms with van der Waals surface area (Å²) in [6.45, 7) is 3.58. The van der Waals surface area contributed by atoms with Gasteiger partial charge in [-0.1, -0.05) is 19.1 Å². The summed E-state index contributed by atoms with van der Waals surface area (Å²) in [5.41, 5.74) is 1.10. The average molecular weight is 362 g/mol. The SMILES string of the molecule is CCc1ccc(S(=O)(=O)N2CCCN(C(=O)c3ccco3)CC2)cc1. The Kier molecular flexibility index (Phi) is 5.24. The van der Waals surface area contributed by atoms with Crippen LogP contribution in [0.1, 0.15) is 29.5 Å². The fraction of sp³-hybridized carbons (Fsp3) is 0.389. The number of furan rings is 1. The molecule has 0 aliphatic carbocycles. The maximum Gasteiger partial charge on any atom is 0.289 e. The largest absolute Gasteiger partial charge is 0.459 e. The lowest BCUT2D eigenvalue weighted by molar-refractivity contribution is 0.0732. The molecule has 0 bridgehead atoms. The molecule has 3 rings (SSSR count). The normalized spacial score (nSPS) is 16.6. The number of sulfonamides is 1. The summed E-state index contributed by atoms with van der Waals surface area (Å²) in [4.78, 5) is 14.3. The maximum absolute atomic E-state index is 12.8. The monoisotopic (exact) mass is 362 g/mol. The van der Waals surface area contributed by atoms with Crippen molar-refractivity contribution in [2.45, 2.75) is 24.7 Å². The van der Waals surface area contributed by atoms with Crippen LogP contribution in [0.4, 0.5) is 0 Å². The minimum atomic E-state index is -3.54. The van der Waals surface area contributed by atoms with Crippen molar-refractivity contribution in [3.05, 3.63) is 54.0 Å². The Morgan fingerprint density at radius 1 is 1.08 bits per heavy atom. The fourth-order valence-electron chi connectivity index (χ4n) is 2.94. The third-order valence-electron chi connectivity index (χ3n) is 4.44. The van der Waals surface area contributed by atoms with Gasteiger partial charge in [0.05, 0.1) is 11.2 Å². The van der Waals surface area contributed by atoms with Crippen molar-refractivity contribution in [3.8, 4) is 0 Å². The van der Waals surface area contributed by atoms with E-state index in [1.807, 2.05) is 19.1 Å². The van der Waals surface area contributed by atoms with Gasteiger partial charge in [-0.15, -0.1) is 0 Å². The van der Waals surface area contributed by atoms with Crippen LogP contribution in [0.5, 0.6) is 0 Å². The molecular weight excluding hydrogens is 340 g/mol. The van der Waals surface area contributed by atoms with Crippen molar-refractivity contribution in [1.29, 1.82) is 0 Å². The maximum atomic E-state index is 12.8. The van der Waals surface area contributed by atoms with Crippen molar-refractivity contribution in [1.82, 2.24) is 9.21 Å². The van der Waals surface area contributed by atoms with E-state index in [9.17, 15) is 13.2 Å². The molecule has 1 aromatic carbocycles. The van der Waals surface area contributed by atoms with Gasteiger partial charge in [0.1, 0.15) is 0 Å². The molecule has 1 aromatic heterocycles. The molecular formula is C18H22N2O4S. The van der Waals surface area contributed by atoms with E-state index in [1.165, 1.54) is 10.6 Å². The minimum Gasteiger partial charge on any atom is -0.459 e. The van der Waals surface area contributed by atoms with Gasteiger partial charge in [0.2, 0.25) is 10.0 Å². The highest BCUT2D eigenvalue weighted by molar-refractivity contribution is 7.89. The summed E-state index contributed by atoms with van der Waals surface area (Å²) in [6, 6.07) is 10.3. The molecule has 0 N–H and O–H groups in total. The van der Waals surface area contributed by atoms with Gasteiger partial charge in [-0.3, -0.25) is 4.79 Å². The van der Waals surface area contributed by atoms with E-state index >= 15 is 0 Å². The van der Waals surface area contributed by atoms with E-state index in [4.69, 9.17) is 4.42 Å². The molecule has 6 nitrogen and oxygen atoms in total. The lowest BCUT2D eigenvalue weighted by atomic mass is 10.2. The molecule has 2 heterocycles. The molecule has 134 valence electrons. The van der Waals surface area contributed by atoms with Crippen molar-refractivity contribution in [2.24, 2.45) is 0 Å². The predicted octanol–water partition coefficient (Wildman–Crippen LogP) is 2.38. The molecule has 1 fully saturated rings. The summed E-state index contributed by atoms with van der Waals surface area (Å²) < 4.78 is 32.3. The number of carbonyl (C=O) groups excluding carboxylic acids is 1. The molecule has 0 unspecified atom stereocenters. The van der Waals surface area contributed by atoms with E-state index in [0.717, 1.165) is 12.0 Å². The highest BCUT2D eigenvalue weighted by Crippen LogP contribution is 2.19. The van der Waals surface area contributed by atoms with Gasteiger partial charge in [-0.25, -0.2) is 8.42 Å². The van der Waals surface area contributed by atoms with E-state index in [-0.39, 0.29) is 18.2 Å². The van der Waals surface area contributed by atoms with Gasteiger partial charge in [-0.05, 0) is 42.7 Å². The number of benzene rings is 1. The number of hydrogen-bond acceptors (Lipinski definition) is 4. The average Bonchev–Trinajstić information content (AvgIpc) is 3.05. The molecule has 0 atom stereocenters. The van der Waals surface area contributed by atoms with Crippen LogP contribution in [0, 0.1) is 0 Å². The zero-order valence-corrected chi connectivity index (χ0v) is 15.0. The minimum absolute atomic E-state index is 0.198. The van der Waals surface area contributed by atoms with E-state index in [0.29, 0.717) is 31.0 Å². The zero-order valence-electron chi connectivity index (χ0n) is 14.2. The lowest BCUT2D eigenvalue weighted by Crippen LogP contribution is -2.37. The van der Waals surface area contributed by atoms with Crippen LogP contribution in [0.25, 0.3) is 0 Å². The number of hydrogen-bond donors (Lipinski definition) is 0. The molecule has 0 saturated carbocycles. The summed E-state index contributed by atoms with van der Waals surface area (Å²) in [5.74, 6) is 0.0861. The first-order chi connectivity index (χ1) is 12.0. The Morgan fingerprint density at radius 2 is 1.84 bits per heavy atom. The molecule has 1 aliphatic rings. The Bertz CT molecular complexity index is 813. The summed E-state index contributed by atoms with van der Waals surface area (Å²) >= 11 is 0. The smallest absolute Gasteiger partial charge is 0.289 e. The van der Waals surface area contributed by atoms with Crippen molar-refractivity contribution in [3.63, 3.8) is 0 Å². The third-order valence-corrected chi connectivity index (χ3v) is 6.36. The Labute approximate surface area is 148 Å². The second kappa shape index (κ2) is 7.41. The molecule has 1 aliphatic heterocycles. The second-order valence-corrected chi connectivity index (χ2v) is 7.96. The summed E-state index contributed by atoms with van der Waals surface area (Å²) in [6.07, 6.45) is 2.92. The van der Waals surface area contributed by atoms with Gasteiger partial charge in [0, 0.05) is 26.2 Å². The van der Waals surface area contributed by atoms with Gasteiger partial charge >= 0.3 is 0 Å². The van der Waals surface area contributed by atoms with Gasteiger partial charge in [0.15, 0.2) is 5.76 Å². The van der Waals surface area contributed by atoms with Crippen LogP contribution >= 0.6 is 0 Å². The second-order valence-electron chi connectivity index (χ2n) is 6.02. The van der Waals surface area contributed by atoms with Crippen LogP contribution < -0.4 is 0 Å². The van der Waals surface area contributed by atoms with Crippen molar-refractivity contribution >= 4 is 15.9 Å². The Morgan fingerprint density at radius 3 is 2.48 bits per heavy atom. The fourth-order valence-corrected chi connectivity index (χ4v) is 4.41. The number of carbonyl (C=O) groups is 1. The first-order valence-electron chi connectivity index (χ1n) is 8.44. The van der Waals surface area contributed by atoms with Gasteiger partial charge in [-0.2, -0.15) is 4.31 Å². The van der Waals surface area contributed by atoms with Gasteiger partial charge in [0.25, 0.3) is 5.91 Å². The Hall–Kier alpha value is -2.12. The van der Waals surface area contributed by atoms with Crippen LogP contribution in [-0.2, 0) is 16.4 Å². The summed E-state index contributed by atoms with van der Waals surface area (Å²) in [7, 11) is -3.54. The topological polar surface area (TPSA) is 70.8 Å². The zero-order chi connectivity index (χ0) is 17.9. The van der Waals surface area contributed by atoms with Gasteiger partial charge < -0.3 is 9.32 Å². The van der Waals surface area contributed by atoms with Crippen LogP contribution in [-0.4, -0.2) is 49.7 Å². The first-order valence-corrected chi connectivity index (χ1v) is 9.88. The lowest BCUT2D eigenvalue weighted by Gasteiger charge is -2.21. The molecule has 2 aromatic rings. The molecule has 1 amide bonds. The van der Waals surface area contributed by atoms with Crippen LogP contribution in [0.15, 0.2) is 52.0 Å². The first kappa shape index (κ1) is 17.7. The quantitative estimate of drug-likeness (QED) is 0.837. The highest BCUT2D eigenvalue weighted by Gasteiger charge is 2.29. The van der Waals surface area contributed by atoms with Crippen LogP contribution in [0.3, 0.4) is 0 Å². The standard InChI is InChI=1S/C18H22N2O4S/c1-2-15-6-8-16(9-7-15)25(22,23)20-11-4-10-19(12-13-20)18(21)17-5-3-14-24-17/h3,5-9,14H,2,4,10-13H2,1H3. The number of amides is 1. The van der Waals surface area contributed by atoms with E-state index < -0.39 is 10.0 Å².